The molecule has 0 saturated carbocycles. The first-order valence-electron chi connectivity index (χ1n) is 18.8. The Morgan fingerprint density at radius 3 is 1.77 bits per heavy atom. The largest absolute Gasteiger partial charge is 0.455 e. The van der Waals surface area contributed by atoms with Gasteiger partial charge >= 0.3 is 0 Å². The molecule has 0 unspecified atom stereocenters. The minimum atomic E-state index is 0.686. The second kappa shape index (κ2) is 13.3. The maximum atomic E-state index is 6.59. The second-order valence-electron chi connectivity index (χ2n) is 14.2. The lowest BCUT2D eigenvalue weighted by Gasteiger charge is -2.14. The predicted octanol–water partition coefficient (Wildman–Crippen LogP) is 14.7. The van der Waals surface area contributed by atoms with Crippen molar-refractivity contribution in [1.29, 1.82) is 0 Å². The van der Waals surface area contributed by atoms with Crippen molar-refractivity contribution < 1.29 is 4.42 Å². The summed E-state index contributed by atoms with van der Waals surface area (Å²) < 4.78 is 9.15. The molecule has 0 saturated heterocycles. The summed E-state index contributed by atoms with van der Waals surface area (Å²) in [5.41, 5.74) is 13.2. The molecule has 0 spiro atoms. The van der Waals surface area contributed by atoms with Gasteiger partial charge < -0.3 is 4.42 Å². The average molecular weight is 733 g/mol. The van der Waals surface area contributed by atoms with E-state index in [1.807, 2.05) is 41.7 Å². The molecule has 8 aromatic carbocycles. The van der Waals surface area contributed by atoms with Gasteiger partial charge in [0.05, 0.1) is 11.4 Å². The van der Waals surface area contributed by atoms with Crippen molar-refractivity contribution in [2.45, 2.75) is 0 Å². The van der Waals surface area contributed by atoms with Crippen molar-refractivity contribution in [3.05, 3.63) is 194 Å². The van der Waals surface area contributed by atoms with Gasteiger partial charge in [0.25, 0.3) is 0 Å². The fourth-order valence-corrected chi connectivity index (χ4v) is 9.01. The minimum absolute atomic E-state index is 0.686. The number of hydrogen-bond acceptors (Lipinski definition) is 4. The van der Waals surface area contributed by atoms with Crippen LogP contribution in [-0.4, -0.2) is 9.97 Å². The molecule has 4 heteroatoms. The van der Waals surface area contributed by atoms with E-state index < -0.39 is 0 Å². The topological polar surface area (TPSA) is 38.9 Å². The van der Waals surface area contributed by atoms with E-state index in [-0.39, 0.29) is 0 Å². The standard InChI is InChI=1S/C52H32N2OS/c1-3-13-33(14-4-1)35-17-11-18-36(27-35)38-28-39(41-21-12-22-44-42-19-7-9-23-48(42)55-51(41)44)30-40(29-38)47-32-46(53-52(54-47)34-15-5-2-6-16-34)37-25-26-50-45(31-37)43-20-8-10-24-49(43)56-50/h1-32H. The quantitative estimate of drug-likeness (QED) is 0.171. The van der Waals surface area contributed by atoms with Crippen LogP contribution in [-0.2, 0) is 0 Å². The molecule has 3 nitrogen and oxygen atoms in total. The Labute approximate surface area is 327 Å². The lowest BCUT2D eigenvalue weighted by Crippen LogP contribution is -1.96. The van der Waals surface area contributed by atoms with E-state index in [1.165, 1.54) is 31.3 Å². The molecule has 0 radical (unpaired) electrons. The molecule has 0 aliphatic carbocycles. The molecule has 0 amide bonds. The lowest BCUT2D eigenvalue weighted by atomic mass is 9.92. The molecule has 0 atom stereocenters. The normalized spacial score (nSPS) is 11.6. The molecular weight excluding hydrogens is 701 g/mol. The summed E-state index contributed by atoms with van der Waals surface area (Å²) >= 11 is 1.83. The molecule has 3 aromatic heterocycles. The van der Waals surface area contributed by atoms with Crippen LogP contribution in [0, 0.1) is 0 Å². The minimum Gasteiger partial charge on any atom is -0.455 e. The zero-order valence-corrected chi connectivity index (χ0v) is 31.0. The maximum absolute atomic E-state index is 6.59. The van der Waals surface area contributed by atoms with Crippen molar-refractivity contribution in [2.24, 2.45) is 0 Å². The number of nitrogens with zero attached hydrogens (tertiary/aromatic N) is 2. The van der Waals surface area contributed by atoms with Gasteiger partial charge in [-0.2, -0.15) is 0 Å². The van der Waals surface area contributed by atoms with Gasteiger partial charge in [0, 0.05) is 53.2 Å². The molecule has 0 aliphatic rings. The highest BCUT2D eigenvalue weighted by Crippen LogP contribution is 2.41. The molecule has 56 heavy (non-hydrogen) atoms. The van der Waals surface area contributed by atoms with E-state index in [2.05, 4.69) is 164 Å². The van der Waals surface area contributed by atoms with Crippen LogP contribution < -0.4 is 0 Å². The summed E-state index contributed by atoms with van der Waals surface area (Å²) in [5.74, 6) is 0.686. The van der Waals surface area contributed by atoms with Crippen LogP contribution in [0.4, 0.5) is 0 Å². The van der Waals surface area contributed by atoms with Crippen LogP contribution in [0.1, 0.15) is 0 Å². The summed E-state index contributed by atoms with van der Waals surface area (Å²) in [4.78, 5) is 10.5. The van der Waals surface area contributed by atoms with Crippen molar-refractivity contribution >= 4 is 53.4 Å². The number of furan rings is 1. The fourth-order valence-electron chi connectivity index (χ4n) is 7.93. The van der Waals surface area contributed by atoms with E-state index in [1.54, 1.807) is 0 Å². The SMILES string of the molecule is c1ccc(-c2cccc(-c3cc(-c4cc(-c5ccc6sc7ccccc7c6c5)nc(-c5ccccc5)n4)cc(-c4cccc5c4oc4ccccc45)c3)c2)cc1. The highest BCUT2D eigenvalue weighted by Gasteiger charge is 2.18. The molecule has 262 valence electrons. The van der Waals surface area contributed by atoms with E-state index in [0.29, 0.717) is 5.82 Å². The summed E-state index contributed by atoms with van der Waals surface area (Å²) in [6.07, 6.45) is 0. The molecule has 0 bridgehead atoms. The van der Waals surface area contributed by atoms with Gasteiger partial charge in [-0.25, -0.2) is 9.97 Å². The fraction of sp³-hybridized carbons (Fsp3) is 0. The molecule has 0 fully saturated rings. The highest BCUT2D eigenvalue weighted by atomic mass is 32.1. The van der Waals surface area contributed by atoms with Crippen LogP contribution in [0.2, 0.25) is 0 Å². The molecule has 3 heterocycles. The maximum Gasteiger partial charge on any atom is 0.160 e. The Kier molecular flexibility index (Phi) is 7.68. The van der Waals surface area contributed by atoms with Gasteiger partial charge in [-0.3, -0.25) is 0 Å². The van der Waals surface area contributed by atoms with Gasteiger partial charge in [-0.05, 0) is 82.4 Å². The Bertz CT molecular complexity index is 3250. The number of thiophene rings is 1. The zero-order chi connectivity index (χ0) is 37.0. The third-order valence-electron chi connectivity index (χ3n) is 10.7. The number of fused-ring (bicyclic) bond motifs is 6. The summed E-state index contributed by atoms with van der Waals surface area (Å²) in [5, 5.41) is 4.72. The third kappa shape index (κ3) is 5.67. The molecule has 11 rings (SSSR count). The van der Waals surface area contributed by atoms with Gasteiger partial charge in [-0.15, -0.1) is 11.3 Å². The van der Waals surface area contributed by atoms with E-state index >= 15 is 0 Å². The first-order chi connectivity index (χ1) is 27.7. The smallest absolute Gasteiger partial charge is 0.160 e. The van der Waals surface area contributed by atoms with E-state index in [0.717, 1.165) is 72.3 Å². The van der Waals surface area contributed by atoms with E-state index in [4.69, 9.17) is 14.4 Å². The Hall–Kier alpha value is -7.14. The first-order valence-corrected chi connectivity index (χ1v) is 19.6. The van der Waals surface area contributed by atoms with Gasteiger partial charge in [0.1, 0.15) is 11.2 Å². The van der Waals surface area contributed by atoms with Gasteiger partial charge in [0.2, 0.25) is 0 Å². The molecular formula is C52H32N2OS. The first kappa shape index (κ1) is 32.3. The summed E-state index contributed by atoms with van der Waals surface area (Å²) in [7, 11) is 0. The summed E-state index contributed by atoms with van der Waals surface area (Å²) in [6, 6.07) is 68.6. The van der Waals surface area contributed by atoms with Crippen molar-refractivity contribution in [3.63, 3.8) is 0 Å². The van der Waals surface area contributed by atoms with Gasteiger partial charge in [0.15, 0.2) is 5.82 Å². The number of para-hydroxylation sites is 2. The van der Waals surface area contributed by atoms with Crippen LogP contribution >= 0.6 is 11.3 Å². The monoisotopic (exact) mass is 732 g/mol. The predicted molar refractivity (Wildman–Crippen MR) is 235 cm³/mol. The molecule has 11 aromatic rings. The third-order valence-corrected chi connectivity index (χ3v) is 11.8. The summed E-state index contributed by atoms with van der Waals surface area (Å²) in [6.45, 7) is 0. The number of rotatable bonds is 6. The number of benzene rings is 8. The lowest BCUT2D eigenvalue weighted by molar-refractivity contribution is 0.670. The van der Waals surface area contributed by atoms with Gasteiger partial charge in [-0.1, -0.05) is 140 Å². The van der Waals surface area contributed by atoms with Crippen molar-refractivity contribution in [1.82, 2.24) is 9.97 Å². The number of aromatic nitrogens is 2. The Morgan fingerprint density at radius 1 is 0.339 bits per heavy atom. The average Bonchev–Trinajstić information content (AvgIpc) is 3.85. The number of hydrogen-bond donors (Lipinski definition) is 0. The van der Waals surface area contributed by atoms with Crippen LogP contribution in [0.5, 0.6) is 0 Å². The second-order valence-corrected chi connectivity index (χ2v) is 15.2. The van der Waals surface area contributed by atoms with Crippen LogP contribution in [0.3, 0.4) is 0 Å². The Morgan fingerprint density at radius 2 is 0.929 bits per heavy atom. The molecule has 0 aliphatic heterocycles. The Balaban J connectivity index is 1.15. The zero-order valence-electron chi connectivity index (χ0n) is 30.2. The highest BCUT2D eigenvalue weighted by molar-refractivity contribution is 7.25. The van der Waals surface area contributed by atoms with E-state index in [9.17, 15) is 0 Å². The van der Waals surface area contributed by atoms with Crippen molar-refractivity contribution in [3.8, 4) is 67.3 Å². The molecule has 0 N–H and O–H groups in total. The van der Waals surface area contributed by atoms with Crippen LogP contribution in [0.25, 0.3) is 109 Å². The van der Waals surface area contributed by atoms with Crippen molar-refractivity contribution in [2.75, 3.05) is 0 Å². The van der Waals surface area contributed by atoms with Crippen LogP contribution in [0.15, 0.2) is 199 Å².